The van der Waals surface area contributed by atoms with Crippen LogP contribution in [0.2, 0.25) is 0 Å². The van der Waals surface area contributed by atoms with Crippen LogP contribution in [0.25, 0.3) is 0 Å². The van der Waals surface area contributed by atoms with Crippen LogP contribution in [0.1, 0.15) is 121 Å². The van der Waals surface area contributed by atoms with Crippen molar-refractivity contribution in [2.24, 2.45) is 5.92 Å². The molecule has 0 aliphatic carbocycles. The monoisotopic (exact) mass is 455 g/mol. The lowest BCUT2D eigenvalue weighted by molar-refractivity contribution is -0.155. The van der Waals surface area contributed by atoms with E-state index in [4.69, 9.17) is 4.74 Å². The molecule has 2 unspecified atom stereocenters. The molecule has 33 heavy (non-hydrogen) atoms. The maximum absolute atomic E-state index is 12.8. The number of ether oxygens (including phenoxy) is 1. The number of benzene rings is 1. The van der Waals surface area contributed by atoms with Gasteiger partial charge < -0.3 is 9.64 Å². The van der Waals surface area contributed by atoms with Crippen molar-refractivity contribution in [1.29, 1.82) is 0 Å². The molecule has 2 saturated heterocycles. The van der Waals surface area contributed by atoms with Crippen molar-refractivity contribution < 1.29 is 9.53 Å². The number of carbonyl (C=O) groups is 1. The summed E-state index contributed by atoms with van der Waals surface area (Å²) >= 11 is 0. The van der Waals surface area contributed by atoms with E-state index in [1.165, 1.54) is 75.3 Å². The predicted octanol–water partition coefficient (Wildman–Crippen LogP) is 7.80. The van der Waals surface area contributed by atoms with E-state index in [9.17, 15) is 4.79 Å². The predicted molar refractivity (Wildman–Crippen MR) is 139 cm³/mol. The van der Waals surface area contributed by atoms with Gasteiger partial charge in [-0.1, -0.05) is 95.0 Å². The van der Waals surface area contributed by atoms with E-state index < -0.39 is 0 Å². The van der Waals surface area contributed by atoms with Gasteiger partial charge in [-0.2, -0.15) is 0 Å². The van der Waals surface area contributed by atoms with Gasteiger partial charge in [-0.3, -0.25) is 4.79 Å². The van der Waals surface area contributed by atoms with Gasteiger partial charge in [-0.05, 0) is 57.6 Å². The van der Waals surface area contributed by atoms with Crippen molar-refractivity contribution in [3.05, 3.63) is 35.4 Å². The molecule has 0 saturated carbocycles. The molecular weight excluding hydrogens is 406 g/mol. The number of rotatable bonds is 14. The molecule has 2 heterocycles. The largest absolute Gasteiger partial charge is 0.462 e. The van der Waals surface area contributed by atoms with Crippen LogP contribution in [0, 0.1) is 12.8 Å². The van der Waals surface area contributed by atoms with E-state index >= 15 is 0 Å². The highest BCUT2D eigenvalue weighted by molar-refractivity contribution is 5.69. The average Bonchev–Trinajstić information content (AvgIpc) is 3.04. The number of aryl methyl sites for hydroxylation is 1. The molecular formula is C30H49NO2. The van der Waals surface area contributed by atoms with E-state index in [-0.39, 0.29) is 12.1 Å². The molecule has 3 nitrogen and oxygen atoms in total. The molecule has 2 fully saturated rings. The van der Waals surface area contributed by atoms with E-state index in [2.05, 4.69) is 57.0 Å². The molecule has 3 rings (SSSR count). The summed E-state index contributed by atoms with van der Waals surface area (Å²) in [6, 6.07) is 10.3. The molecule has 2 bridgehead atoms. The van der Waals surface area contributed by atoms with Crippen LogP contribution < -0.4 is 0 Å². The van der Waals surface area contributed by atoms with Crippen LogP contribution in [-0.2, 0) is 9.53 Å². The third-order valence-corrected chi connectivity index (χ3v) is 8.43. The summed E-state index contributed by atoms with van der Waals surface area (Å²) in [5.74, 6) is 0.911. The quantitative estimate of drug-likeness (QED) is 0.212. The lowest BCUT2D eigenvalue weighted by Crippen LogP contribution is -2.50. The van der Waals surface area contributed by atoms with Gasteiger partial charge in [-0.15, -0.1) is 0 Å². The fourth-order valence-electron chi connectivity index (χ4n) is 6.43. The molecule has 0 amide bonds. The summed E-state index contributed by atoms with van der Waals surface area (Å²) in [5.41, 5.74) is 2.75. The molecule has 3 heteroatoms. The van der Waals surface area contributed by atoms with Gasteiger partial charge in [0.25, 0.3) is 0 Å². The van der Waals surface area contributed by atoms with Gasteiger partial charge in [0, 0.05) is 24.4 Å². The first-order valence-electron chi connectivity index (χ1n) is 14.0. The lowest BCUT2D eigenvalue weighted by Gasteiger charge is -2.46. The van der Waals surface area contributed by atoms with Crippen LogP contribution in [0.15, 0.2) is 24.3 Å². The number of nitrogens with zero attached hydrogens (tertiary/aromatic N) is 1. The highest BCUT2D eigenvalue weighted by Gasteiger charge is 2.49. The van der Waals surface area contributed by atoms with Crippen molar-refractivity contribution in [1.82, 2.24) is 4.90 Å². The summed E-state index contributed by atoms with van der Waals surface area (Å²) in [5, 5.41) is 0. The topological polar surface area (TPSA) is 29.5 Å². The Morgan fingerprint density at radius 1 is 0.970 bits per heavy atom. The number of hydrogen-bond donors (Lipinski definition) is 0. The first-order valence-corrected chi connectivity index (χ1v) is 14.0. The zero-order chi connectivity index (χ0) is 23.6. The van der Waals surface area contributed by atoms with Crippen molar-refractivity contribution in [3.63, 3.8) is 0 Å². The molecule has 1 aromatic carbocycles. The Balaban J connectivity index is 1.51. The first-order chi connectivity index (χ1) is 16.0. The van der Waals surface area contributed by atoms with Crippen LogP contribution in [0.4, 0.5) is 0 Å². The van der Waals surface area contributed by atoms with E-state index in [1.807, 2.05) is 0 Å². The highest BCUT2D eigenvalue weighted by Crippen LogP contribution is 2.48. The van der Waals surface area contributed by atoms with Crippen LogP contribution >= 0.6 is 0 Å². The molecule has 2 aliphatic rings. The number of hydrogen-bond acceptors (Lipinski definition) is 3. The Kier molecular flexibility index (Phi) is 10.8. The van der Waals surface area contributed by atoms with Gasteiger partial charge in [-0.25, -0.2) is 0 Å². The first kappa shape index (κ1) is 26.3. The van der Waals surface area contributed by atoms with Crippen molar-refractivity contribution in [2.75, 3.05) is 7.05 Å². The SMILES string of the molecule is CCCCCCCCCCCC(=O)OC(CC)C1[C@@H](c2ccc(C)cc2)C[C@@H]2CC[C@H]1N2C. The number of fused-ring (bicyclic) bond motifs is 2. The second kappa shape index (κ2) is 13.5. The minimum absolute atomic E-state index is 0.0221. The van der Waals surface area contributed by atoms with Gasteiger partial charge >= 0.3 is 5.97 Å². The summed E-state index contributed by atoms with van der Waals surface area (Å²) in [7, 11) is 2.29. The molecule has 0 radical (unpaired) electrons. The minimum Gasteiger partial charge on any atom is -0.462 e. The summed E-state index contributed by atoms with van der Waals surface area (Å²) in [6.45, 7) is 6.62. The second-order valence-electron chi connectivity index (χ2n) is 10.8. The van der Waals surface area contributed by atoms with Gasteiger partial charge in [0.1, 0.15) is 6.10 Å². The van der Waals surface area contributed by atoms with Gasteiger partial charge in [0.15, 0.2) is 0 Å². The Hall–Kier alpha value is -1.35. The summed E-state index contributed by atoms with van der Waals surface area (Å²) in [6.07, 6.45) is 16.7. The smallest absolute Gasteiger partial charge is 0.306 e. The molecule has 0 aromatic heterocycles. The van der Waals surface area contributed by atoms with Gasteiger partial charge in [0.2, 0.25) is 0 Å². The number of unbranched alkanes of at least 4 members (excludes halogenated alkanes) is 8. The second-order valence-corrected chi connectivity index (χ2v) is 10.8. The zero-order valence-corrected chi connectivity index (χ0v) is 21.9. The molecule has 186 valence electrons. The molecule has 1 aromatic rings. The Labute approximate surface area is 203 Å². The molecule has 2 aliphatic heterocycles. The van der Waals surface area contributed by atoms with E-state index in [0.717, 1.165) is 19.3 Å². The Morgan fingerprint density at radius 3 is 2.24 bits per heavy atom. The lowest BCUT2D eigenvalue weighted by atomic mass is 9.72. The van der Waals surface area contributed by atoms with Crippen LogP contribution in [0.5, 0.6) is 0 Å². The van der Waals surface area contributed by atoms with Crippen LogP contribution in [0.3, 0.4) is 0 Å². The fraction of sp³-hybridized carbons (Fsp3) is 0.767. The average molecular weight is 456 g/mol. The third-order valence-electron chi connectivity index (χ3n) is 8.43. The van der Waals surface area contributed by atoms with Crippen molar-refractivity contribution >= 4 is 5.97 Å². The van der Waals surface area contributed by atoms with Crippen molar-refractivity contribution in [3.8, 4) is 0 Å². The molecule has 5 atom stereocenters. The van der Waals surface area contributed by atoms with E-state index in [0.29, 0.717) is 30.3 Å². The van der Waals surface area contributed by atoms with E-state index in [1.54, 1.807) is 0 Å². The van der Waals surface area contributed by atoms with Gasteiger partial charge in [0.05, 0.1) is 0 Å². The van der Waals surface area contributed by atoms with Crippen molar-refractivity contribution in [2.45, 2.75) is 135 Å². The molecule has 0 spiro atoms. The zero-order valence-electron chi connectivity index (χ0n) is 21.9. The van der Waals surface area contributed by atoms with Crippen LogP contribution in [-0.4, -0.2) is 36.1 Å². The normalized spacial score (nSPS) is 25.8. The highest BCUT2D eigenvalue weighted by atomic mass is 16.5. The number of piperidine rings is 1. The molecule has 0 N–H and O–H groups in total. The fourth-order valence-corrected chi connectivity index (χ4v) is 6.43. The maximum Gasteiger partial charge on any atom is 0.306 e. The Morgan fingerprint density at radius 2 is 1.61 bits per heavy atom. The summed E-state index contributed by atoms with van der Waals surface area (Å²) < 4.78 is 6.22. The number of carbonyl (C=O) groups excluding carboxylic acids is 1. The number of esters is 1. The minimum atomic E-state index is 0.0221. The summed E-state index contributed by atoms with van der Waals surface area (Å²) in [4.78, 5) is 15.4. The Bertz CT molecular complexity index is 700. The maximum atomic E-state index is 12.8. The standard InChI is InChI=1S/C30H49NO2/c1-5-7-8-9-10-11-12-13-14-15-29(32)33-28(6-2)30-26(24-18-16-23(3)17-19-24)22-25-20-21-27(30)31(25)4/h16-19,25-28,30H,5-15,20-22H2,1-4H3/t25-,26+,27+,28?,30?/m0/s1. The third kappa shape index (κ3) is 7.31.